The van der Waals surface area contributed by atoms with Crippen molar-refractivity contribution < 1.29 is 9.53 Å². The Morgan fingerprint density at radius 1 is 1.17 bits per heavy atom. The molecule has 5 rings (SSSR count). The molecule has 0 aromatic heterocycles. The second-order valence-corrected chi connectivity index (χ2v) is 7.05. The number of hydrogen-bond acceptors (Lipinski definition) is 5. The highest BCUT2D eigenvalue weighted by atomic mass is 32.2. The molecular weight excluding hydrogens is 322 g/mol. The molecule has 0 radical (unpaired) electrons. The van der Waals surface area contributed by atoms with Gasteiger partial charge in [-0.15, -0.1) is 0 Å². The zero-order valence-electron chi connectivity index (χ0n) is 12.8. The molecule has 0 aliphatic carbocycles. The Bertz CT molecular complexity index is 854. The van der Waals surface area contributed by atoms with Gasteiger partial charge in [0.1, 0.15) is 5.75 Å². The number of carbonyl (C=O) groups is 1. The van der Waals surface area contributed by atoms with Gasteiger partial charge in [0, 0.05) is 12.0 Å². The van der Waals surface area contributed by atoms with Crippen molar-refractivity contribution in [3.05, 3.63) is 65.7 Å². The van der Waals surface area contributed by atoms with Crippen LogP contribution in [0.3, 0.4) is 0 Å². The Balaban J connectivity index is 1.62. The number of rotatable bonds is 1. The normalized spacial score (nSPS) is 27.3. The molecule has 1 N–H and O–H groups in total. The minimum Gasteiger partial charge on any atom is -0.447 e. The van der Waals surface area contributed by atoms with Crippen molar-refractivity contribution in [2.24, 2.45) is 5.10 Å². The number of amides is 1. The summed E-state index contributed by atoms with van der Waals surface area (Å²) >= 11 is 1.24. The van der Waals surface area contributed by atoms with E-state index in [1.165, 1.54) is 11.8 Å². The van der Waals surface area contributed by atoms with Crippen LogP contribution in [0.5, 0.6) is 5.75 Å². The van der Waals surface area contributed by atoms with Gasteiger partial charge >= 0.3 is 0 Å². The molecule has 6 heteroatoms. The fourth-order valence-corrected chi connectivity index (χ4v) is 4.36. The highest BCUT2D eigenvalue weighted by Gasteiger charge is 2.54. The zero-order chi connectivity index (χ0) is 16.1. The predicted molar refractivity (Wildman–Crippen MR) is 93.0 cm³/mol. The number of fused-ring (bicyclic) bond motifs is 4. The maximum Gasteiger partial charge on any atom is 0.289 e. The number of ether oxygens (including phenoxy) is 1. The van der Waals surface area contributed by atoms with Crippen molar-refractivity contribution >= 4 is 22.7 Å². The number of para-hydroxylation sites is 1. The molecule has 5 nitrogen and oxygen atoms in total. The molecule has 0 unspecified atom stereocenters. The smallest absolute Gasteiger partial charge is 0.289 e. The number of nitrogens with one attached hydrogen (secondary N) is 1. The van der Waals surface area contributed by atoms with Crippen LogP contribution < -0.4 is 10.1 Å². The average Bonchev–Trinajstić information content (AvgIpc) is 3.22. The fraction of sp³-hybridized carbons (Fsp3) is 0.222. The van der Waals surface area contributed by atoms with Gasteiger partial charge in [-0.05, 0) is 11.6 Å². The van der Waals surface area contributed by atoms with Gasteiger partial charge in [0.2, 0.25) is 0 Å². The van der Waals surface area contributed by atoms with E-state index >= 15 is 0 Å². The Kier molecular flexibility index (Phi) is 2.91. The van der Waals surface area contributed by atoms with Crippen LogP contribution in [0.25, 0.3) is 0 Å². The molecule has 1 amide bonds. The summed E-state index contributed by atoms with van der Waals surface area (Å²) in [7, 11) is 0. The third-order valence-corrected chi connectivity index (χ3v) is 5.54. The van der Waals surface area contributed by atoms with E-state index in [1.807, 2.05) is 41.4 Å². The number of hydrogen-bond donors (Lipinski definition) is 1. The summed E-state index contributed by atoms with van der Waals surface area (Å²) in [5.41, 5.74) is 3.24. The molecule has 3 aliphatic heterocycles. The maximum absolute atomic E-state index is 11.9. The molecule has 0 saturated carbocycles. The summed E-state index contributed by atoms with van der Waals surface area (Å²) in [6.07, 6.45) is 0.798. The third kappa shape index (κ3) is 1.96. The van der Waals surface area contributed by atoms with E-state index in [2.05, 4.69) is 23.5 Å². The van der Waals surface area contributed by atoms with Crippen LogP contribution in [-0.2, 0) is 0 Å². The topological polar surface area (TPSA) is 53.9 Å². The largest absolute Gasteiger partial charge is 0.447 e. The van der Waals surface area contributed by atoms with Crippen LogP contribution in [0.2, 0.25) is 0 Å². The third-order valence-electron chi connectivity index (χ3n) is 4.64. The monoisotopic (exact) mass is 337 g/mol. The lowest BCUT2D eigenvalue weighted by Gasteiger charge is -2.44. The lowest BCUT2D eigenvalue weighted by molar-refractivity contribution is -0.111. The van der Waals surface area contributed by atoms with Gasteiger partial charge in [-0.2, -0.15) is 5.10 Å². The van der Waals surface area contributed by atoms with Gasteiger partial charge in [0.05, 0.1) is 17.5 Å². The Morgan fingerprint density at radius 3 is 2.75 bits per heavy atom. The van der Waals surface area contributed by atoms with Crippen molar-refractivity contribution in [1.29, 1.82) is 0 Å². The lowest BCUT2D eigenvalue weighted by atomic mass is 9.96. The summed E-state index contributed by atoms with van der Waals surface area (Å²) in [6, 6.07) is 18.3. The van der Waals surface area contributed by atoms with E-state index in [-0.39, 0.29) is 11.3 Å². The van der Waals surface area contributed by atoms with E-state index in [9.17, 15) is 4.79 Å². The van der Waals surface area contributed by atoms with Crippen LogP contribution >= 0.6 is 11.8 Å². The standard InChI is InChI=1S/C18H15N3O2S/c22-17-19-18(11-24-17)21-15(13-8-4-5-9-16(13)23-18)10-14(20-21)12-6-2-1-3-7-12/h1-9,15H,10-11H2,(H,19,22)/t15-,18-/m0/s1. The molecule has 2 aromatic carbocycles. The van der Waals surface area contributed by atoms with Crippen molar-refractivity contribution in [3.8, 4) is 5.75 Å². The van der Waals surface area contributed by atoms with Crippen molar-refractivity contribution in [1.82, 2.24) is 10.3 Å². The number of thioether (sulfide) groups is 1. The van der Waals surface area contributed by atoms with Gasteiger partial charge in [-0.1, -0.05) is 60.3 Å². The predicted octanol–water partition coefficient (Wildman–Crippen LogP) is 3.34. The van der Waals surface area contributed by atoms with Crippen LogP contribution in [0, 0.1) is 0 Å². The van der Waals surface area contributed by atoms with Gasteiger partial charge in [0.25, 0.3) is 11.1 Å². The number of hydrazone groups is 1. The molecule has 3 heterocycles. The first kappa shape index (κ1) is 13.9. The highest BCUT2D eigenvalue weighted by molar-refractivity contribution is 8.14. The average molecular weight is 337 g/mol. The van der Waals surface area contributed by atoms with Crippen LogP contribution in [0.1, 0.15) is 23.6 Å². The van der Waals surface area contributed by atoms with E-state index in [4.69, 9.17) is 9.84 Å². The summed E-state index contributed by atoms with van der Waals surface area (Å²) in [5.74, 6) is 0.450. The first-order valence-corrected chi connectivity index (χ1v) is 8.89. The Labute approximate surface area is 143 Å². The van der Waals surface area contributed by atoms with Crippen LogP contribution in [-0.4, -0.2) is 27.6 Å². The number of carbonyl (C=O) groups excluding carboxylic acids is 1. The summed E-state index contributed by atoms with van der Waals surface area (Å²) in [4.78, 5) is 11.9. The summed E-state index contributed by atoms with van der Waals surface area (Å²) in [5, 5.41) is 9.69. The lowest BCUT2D eigenvalue weighted by Crippen LogP contribution is -2.62. The van der Waals surface area contributed by atoms with E-state index in [1.54, 1.807) is 0 Å². The number of benzene rings is 2. The molecule has 1 saturated heterocycles. The van der Waals surface area contributed by atoms with Gasteiger partial charge in [-0.25, -0.2) is 5.01 Å². The first-order chi connectivity index (χ1) is 11.8. The maximum atomic E-state index is 11.9. The quantitative estimate of drug-likeness (QED) is 0.867. The second-order valence-electron chi connectivity index (χ2n) is 6.10. The van der Waals surface area contributed by atoms with Gasteiger partial charge in [-0.3, -0.25) is 10.1 Å². The summed E-state index contributed by atoms with van der Waals surface area (Å²) in [6.45, 7) is 0. The van der Waals surface area contributed by atoms with Crippen LogP contribution in [0.15, 0.2) is 59.7 Å². The molecular formula is C18H15N3O2S. The highest BCUT2D eigenvalue weighted by Crippen LogP contribution is 2.48. The first-order valence-electron chi connectivity index (χ1n) is 7.90. The number of nitrogens with zero attached hydrogens (tertiary/aromatic N) is 2. The fourth-order valence-electron chi connectivity index (χ4n) is 3.54. The molecule has 2 atom stereocenters. The molecule has 1 spiro atoms. The zero-order valence-corrected chi connectivity index (χ0v) is 13.6. The SMILES string of the molecule is O=C1N[C@]2(CS1)Oc1ccccc1[C@@H]1CC(c3ccccc3)=NN12. The van der Waals surface area contributed by atoms with E-state index in [0.29, 0.717) is 5.75 Å². The van der Waals surface area contributed by atoms with Crippen molar-refractivity contribution in [2.75, 3.05) is 5.75 Å². The molecule has 24 heavy (non-hydrogen) atoms. The van der Waals surface area contributed by atoms with Gasteiger partial charge < -0.3 is 4.74 Å². The molecule has 0 bridgehead atoms. The van der Waals surface area contributed by atoms with Crippen molar-refractivity contribution in [2.45, 2.75) is 18.3 Å². The second kappa shape index (κ2) is 5.01. The molecule has 3 aliphatic rings. The van der Waals surface area contributed by atoms with Crippen molar-refractivity contribution in [3.63, 3.8) is 0 Å². The Morgan fingerprint density at radius 2 is 1.96 bits per heavy atom. The minimum absolute atomic E-state index is 0.0727. The van der Waals surface area contributed by atoms with Gasteiger partial charge in [0.15, 0.2) is 0 Å². The van der Waals surface area contributed by atoms with E-state index in [0.717, 1.165) is 29.0 Å². The molecule has 2 aromatic rings. The Hall–Kier alpha value is -2.47. The minimum atomic E-state index is -0.892. The summed E-state index contributed by atoms with van der Waals surface area (Å²) < 4.78 is 6.21. The molecule has 1 fully saturated rings. The molecule has 120 valence electrons. The van der Waals surface area contributed by atoms with Crippen LogP contribution in [0.4, 0.5) is 4.79 Å². The van der Waals surface area contributed by atoms with E-state index < -0.39 is 5.85 Å².